The molecule has 0 bridgehead atoms. The standard InChI is InChI=1S/C12H9NO3/c14-12(15)10-6-16-11(13-10)9-5-7-3-1-2-4-8(7)9/h1-4,6,9H,5H2,(H,14,15). The molecule has 4 nitrogen and oxygen atoms in total. The predicted molar refractivity (Wildman–Crippen MR) is 55.5 cm³/mol. The van der Waals surface area contributed by atoms with Crippen LogP contribution in [0.1, 0.15) is 33.4 Å². The lowest BCUT2D eigenvalue weighted by Gasteiger charge is -2.27. The molecule has 0 amide bonds. The molecule has 0 aliphatic heterocycles. The first kappa shape index (κ1) is 9.15. The molecule has 1 atom stereocenters. The van der Waals surface area contributed by atoms with Gasteiger partial charge in [0.15, 0.2) is 5.69 Å². The largest absolute Gasteiger partial charge is 0.476 e. The van der Waals surface area contributed by atoms with Gasteiger partial charge in [-0.3, -0.25) is 0 Å². The highest BCUT2D eigenvalue weighted by Gasteiger charge is 2.31. The van der Waals surface area contributed by atoms with Crippen molar-refractivity contribution in [2.24, 2.45) is 0 Å². The van der Waals surface area contributed by atoms with Crippen molar-refractivity contribution in [3.63, 3.8) is 0 Å². The number of benzene rings is 1. The highest BCUT2D eigenvalue weighted by Crippen LogP contribution is 2.39. The smallest absolute Gasteiger partial charge is 0.357 e. The van der Waals surface area contributed by atoms with Gasteiger partial charge in [-0.15, -0.1) is 0 Å². The Hall–Kier alpha value is -2.10. The van der Waals surface area contributed by atoms with Crippen LogP contribution in [-0.4, -0.2) is 16.1 Å². The van der Waals surface area contributed by atoms with Gasteiger partial charge in [-0.05, 0) is 17.5 Å². The molecular weight excluding hydrogens is 206 g/mol. The second kappa shape index (κ2) is 3.20. The molecule has 0 radical (unpaired) electrons. The minimum absolute atomic E-state index is 0.0284. The van der Waals surface area contributed by atoms with Gasteiger partial charge in [-0.1, -0.05) is 24.3 Å². The summed E-state index contributed by atoms with van der Waals surface area (Å²) in [6, 6.07) is 8.04. The van der Waals surface area contributed by atoms with Crippen LogP contribution < -0.4 is 0 Å². The third kappa shape index (κ3) is 1.23. The summed E-state index contributed by atoms with van der Waals surface area (Å²) in [7, 11) is 0. The van der Waals surface area contributed by atoms with Crippen molar-refractivity contribution in [2.75, 3.05) is 0 Å². The fourth-order valence-corrected chi connectivity index (χ4v) is 2.03. The van der Waals surface area contributed by atoms with Crippen LogP contribution >= 0.6 is 0 Å². The van der Waals surface area contributed by atoms with Crippen molar-refractivity contribution in [1.82, 2.24) is 4.98 Å². The second-order valence-corrected chi connectivity index (χ2v) is 3.83. The summed E-state index contributed by atoms with van der Waals surface area (Å²) < 4.78 is 5.19. The van der Waals surface area contributed by atoms with Crippen LogP contribution in [0.15, 0.2) is 34.9 Å². The third-order valence-electron chi connectivity index (χ3n) is 2.89. The molecule has 1 aromatic heterocycles. The SMILES string of the molecule is O=C(O)c1coc(C2Cc3ccccc32)n1. The van der Waals surface area contributed by atoms with Gasteiger partial charge in [0.1, 0.15) is 6.26 Å². The molecule has 4 heteroatoms. The Balaban J connectivity index is 1.93. The molecule has 1 aliphatic rings. The van der Waals surface area contributed by atoms with Gasteiger partial charge in [0.2, 0.25) is 5.89 Å². The fraction of sp³-hybridized carbons (Fsp3) is 0.167. The maximum atomic E-state index is 10.7. The van der Waals surface area contributed by atoms with Gasteiger partial charge in [0.25, 0.3) is 0 Å². The number of carboxylic acid groups (broad SMARTS) is 1. The maximum absolute atomic E-state index is 10.7. The van der Waals surface area contributed by atoms with E-state index in [1.165, 1.54) is 17.4 Å². The van der Waals surface area contributed by atoms with Crippen molar-refractivity contribution < 1.29 is 14.3 Å². The molecule has 80 valence electrons. The number of hydrogen-bond acceptors (Lipinski definition) is 3. The zero-order valence-corrected chi connectivity index (χ0v) is 8.38. The van der Waals surface area contributed by atoms with Crippen molar-refractivity contribution in [2.45, 2.75) is 12.3 Å². The van der Waals surface area contributed by atoms with Crippen molar-refractivity contribution >= 4 is 5.97 Å². The summed E-state index contributed by atoms with van der Waals surface area (Å²) in [5, 5.41) is 8.74. The number of carbonyl (C=O) groups is 1. The lowest BCUT2D eigenvalue weighted by molar-refractivity contribution is 0.0690. The number of hydrogen-bond donors (Lipinski definition) is 1. The van der Waals surface area contributed by atoms with E-state index in [4.69, 9.17) is 9.52 Å². The van der Waals surface area contributed by atoms with Crippen LogP contribution in [0.2, 0.25) is 0 Å². The number of carboxylic acids is 1. The van der Waals surface area contributed by atoms with Crippen LogP contribution in [0, 0.1) is 0 Å². The van der Waals surface area contributed by atoms with E-state index in [-0.39, 0.29) is 11.6 Å². The fourth-order valence-electron chi connectivity index (χ4n) is 2.03. The maximum Gasteiger partial charge on any atom is 0.357 e. The highest BCUT2D eigenvalue weighted by molar-refractivity contribution is 5.84. The van der Waals surface area contributed by atoms with Crippen LogP contribution in [0.4, 0.5) is 0 Å². The first-order valence-electron chi connectivity index (χ1n) is 5.02. The van der Waals surface area contributed by atoms with Crippen LogP contribution in [0.5, 0.6) is 0 Å². The molecule has 1 unspecified atom stereocenters. The van der Waals surface area contributed by atoms with Gasteiger partial charge in [-0.25, -0.2) is 9.78 Å². The van der Waals surface area contributed by atoms with Crippen LogP contribution in [0.3, 0.4) is 0 Å². The summed E-state index contributed by atoms with van der Waals surface area (Å²) in [6.07, 6.45) is 2.06. The highest BCUT2D eigenvalue weighted by atomic mass is 16.4. The van der Waals surface area contributed by atoms with Gasteiger partial charge >= 0.3 is 5.97 Å². The summed E-state index contributed by atoms with van der Waals surface area (Å²) in [4.78, 5) is 14.6. The molecule has 1 aliphatic carbocycles. The molecule has 0 saturated heterocycles. The molecule has 1 aromatic carbocycles. The topological polar surface area (TPSA) is 63.3 Å². The minimum Gasteiger partial charge on any atom is -0.476 e. The molecule has 16 heavy (non-hydrogen) atoms. The average Bonchev–Trinajstić information content (AvgIpc) is 2.69. The molecular formula is C12H9NO3. The van der Waals surface area contributed by atoms with E-state index in [1.807, 2.05) is 18.2 Å². The van der Waals surface area contributed by atoms with E-state index < -0.39 is 5.97 Å². The number of aromatic carboxylic acids is 1. The van der Waals surface area contributed by atoms with Crippen molar-refractivity contribution in [1.29, 1.82) is 0 Å². The Morgan fingerprint density at radius 2 is 2.25 bits per heavy atom. The zero-order chi connectivity index (χ0) is 11.1. The first-order valence-corrected chi connectivity index (χ1v) is 5.02. The Kier molecular flexibility index (Phi) is 1.83. The molecule has 0 fully saturated rings. The summed E-state index contributed by atoms with van der Waals surface area (Å²) in [5.74, 6) is -0.442. The minimum atomic E-state index is -1.05. The Morgan fingerprint density at radius 1 is 1.44 bits per heavy atom. The van der Waals surface area contributed by atoms with E-state index in [0.29, 0.717) is 5.89 Å². The van der Waals surface area contributed by atoms with Gasteiger partial charge < -0.3 is 9.52 Å². The quantitative estimate of drug-likeness (QED) is 0.832. The normalized spacial score (nSPS) is 17.6. The van der Waals surface area contributed by atoms with Gasteiger partial charge in [0, 0.05) is 0 Å². The summed E-state index contributed by atoms with van der Waals surface area (Å²) in [6.45, 7) is 0. The number of nitrogens with zero attached hydrogens (tertiary/aromatic N) is 1. The lowest BCUT2D eigenvalue weighted by Crippen LogP contribution is -2.18. The predicted octanol–water partition coefficient (Wildman–Crippen LogP) is 2.06. The van der Waals surface area contributed by atoms with Crippen molar-refractivity contribution in [3.8, 4) is 0 Å². The molecule has 1 heterocycles. The van der Waals surface area contributed by atoms with Gasteiger partial charge in [-0.2, -0.15) is 0 Å². The number of oxazole rings is 1. The van der Waals surface area contributed by atoms with Crippen LogP contribution in [0.25, 0.3) is 0 Å². The molecule has 3 rings (SSSR count). The molecule has 0 saturated carbocycles. The molecule has 2 aromatic rings. The van der Waals surface area contributed by atoms with E-state index in [9.17, 15) is 4.79 Å². The first-order chi connectivity index (χ1) is 7.75. The number of rotatable bonds is 2. The Morgan fingerprint density at radius 3 is 2.94 bits per heavy atom. The van der Waals surface area contributed by atoms with Crippen LogP contribution in [-0.2, 0) is 6.42 Å². The number of aromatic nitrogens is 1. The average molecular weight is 215 g/mol. The Bertz CT molecular complexity index is 559. The van der Waals surface area contributed by atoms with E-state index >= 15 is 0 Å². The summed E-state index contributed by atoms with van der Waals surface area (Å²) in [5.41, 5.74) is 2.43. The van der Waals surface area contributed by atoms with E-state index in [0.717, 1.165) is 6.42 Å². The zero-order valence-electron chi connectivity index (χ0n) is 8.38. The lowest BCUT2D eigenvalue weighted by atomic mass is 9.77. The molecule has 0 spiro atoms. The van der Waals surface area contributed by atoms with Gasteiger partial charge in [0.05, 0.1) is 5.92 Å². The van der Waals surface area contributed by atoms with E-state index in [1.54, 1.807) is 0 Å². The Labute approximate surface area is 91.5 Å². The third-order valence-corrected chi connectivity index (χ3v) is 2.89. The monoisotopic (exact) mass is 215 g/mol. The molecule has 1 N–H and O–H groups in total. The summed E-state index contributed by atoms with van der Waals surface area (Å²) >= 11 is 0. The van der Waals surface area contributed by atoms with E-state index in [2.05, 4.69) is 11.1 Å². The number of fused-ring (bicyclic) bond motifs is 1. The second-order valence-electron chi connectivity index (χ2n) is 3.83. The van der Waals surface area contributed by atoms with Crippen molar-refractivity contribution in [3.05, 3.63) is 53.2 Å².